The first-order valence-electron chi connectivity index (χ1n) is 5.88. The maximum absolute atomic E-state index is 12.4. The third kappa shape index (κ3) is 1.95. The van der Waals surface area contributed by atoms with Crippen molar-refractivity contribution >= 4 is 22.5 Å². The minimum Gasteiger partial charge on any atom is -0.308 e. The van der Waals surface area contributed by atoms with Crippen molar-refractivity contribution in [3.8, 4) is 0 Å². The Bertz CT molecular complexity index is 720. The average molecular weight is 252 g/mol. The van der Waals surface area contributed by atoms with Crippen LogP contribution in [-0.4, -0.2) is 28.1 Å². The molecule has 1 amide bonds. The van der Waals surface area contributed by atoms with Gasteiger partial charge in [-0.25, -0.2) is 0 Å². The van der Waals surface area contributed by atoms with E-state index in [1.54, 1.807) is 25.5 Å². The summed E-state index contributed by atoms with van der Waals surface area (Å²) in [6.07, 6.45) is 3.32. The predicted octanol–water partition coefficient (Wildman–Crippen LogP) is 2.23. The fraction of sp³-hybridized carbons (Fsp3) is 0.0714. The number of fused-ring (bicyclic) bond motifs is 1. The molecule has 5 heteroatoms. The van der Waals surface area contributed by atoms with E-state index in [0.29, 0.717) is 5.69 Å². The Kier molecular flexibility index (Phi) is 2.72. The lowest BCUT2D eigenvalue weighted by molar-refractivity contribution is 0.0989. The largest absolute Gasteiger partial charge is 0.308 e. The number of benzene rings is 1. The third-order valence-electron chi connectivity index (χ3n) is 3.01. The third-order valence-corrected chi connectivity index (χ3v) is 3.01. The maximum atomic E-state index is 12.4. The molecule has 0 unspecified atom stereocenters. The number of carbonyl (C=O) groups excluding carboxylic acids is 1. The fourth-order valence-corrected chi connectivity index (χ4v) is 1.95. The highest BCUT2D eigenvalue weighted by Crippen LogP contribution is 2.19. The van der Waals surface area contributed by atoms with Crippen LogP contribution in [0.2, 0.25) is 0 Å². The number of nitrogens with zero attached hydrogens (tertiary/aromatic N) is 3. The standard InChI is InChI=1S/C14H12N4O/c1-18(10-5-4-8-15-9-10)14(19)13-11-6-2-3-7-12(11)16-17-13/h2-9H,1H3,(H,16,17). The summed E-state index contributed by atoms with van der Waals surface area (Å²) < 4.78 is 0. The van der Waals surface area contributed by atoms with Crippen LogP contribution in [0.3, 0.4) is 0 Å². The molecule has 19 heavy (non-hydrogen) atoms. The molecule has 3 rings (SSSR count). The molecule has 0 bridgehead atoms. The molecule has 3 aromatic rings. The SMILES string of the molecule is CN(C(=O)c1n[nH]c2ccccc12)c1cccnc1. The Labute approximate surface area is 109 Å². The van der Waals surface area contributed by atoms with E-state index in [1.165, 1.54) is 4.90 Å². The van der Waals surface area contributed by atoms with Gasteiger partial charge in [-0.2, -0.15) is 5.10 Å². The van der Waals surface area contributed by atoms with Crippen molar-refractivity contribution < 1.29 is 4.79 Å². The number of pyridine rings is 1. The van der Waals surface area contributed by atoms with Crippen molar-refractivity contribution in [1.29, 1.82) is 0 Å². The zero-order chi connectivity index (χ0) is 13.2. The van der Waals surface area contributed by atoms with Gasteiger partial charge in [-0.05, 0) is 18.2 Å². The van der Waals surface area contributed by atoms with Crippen molar-refractivity contribution in [3.05, 3.63) is 54.5 Å². The monoisotopic (exact) mass is 252 g/mol. The first kappa shape index (κ1) is 11.4. The molecule has 0 radical (unpaired) electrons. The molecule has 1 N–H and O–H groups in total. The van der Waals surface area contributed by atoms with E-state index in [9.17, 15) is 4.79 Å². The molecule has 0 fully saturated rings. The topological polar surface area (TPSA) is 61.9 Å². The van der Waals surface area contributed by atoms with Crippen LogP contribution in [0.25, 0.3) is 10.9 Å². The molecular formula is C14H12N4O. The summed E-state index contributed by atoms with van der Waals surface area (Å²) in [6, 6.07) is 11.2. The Balaban J connectivity index is 2.00. The lowest BCUT2D eigenvalue weighted by atomic mass is 10.2. The second-order valence-electron chi connectivity index (χ2n) is 4.19. The number of para-hydroxylation sites is 1. The van der Waals surface area contributed by atoms with Gasteiger partial charge in [0, 0.05) is 18.6 Å². The molecular weight excluding hydrogens is 240 g/mol. The van der Waals surface area contributed by atoms with Crippen LogP contribution in [0.15, 0.2) is 48.8 Å². The van der Waals surface area contributed by atoms with Crippen molar-refractivity contribution in [2.75, 3.05) is 11.9 Å². The van der Waals surface area contributed by atoms with Gasteiger partial charge in [0.05, 0.1) is 17.4 Å². The van der Waals surface area contributed by atoms with Crippen LogP contribution in [0.1, 0.15) is 10.5 Å². The first-order valence-corrected chi connectivity index (χ1v) is 5.88. The molecule has 0 aliphatic carbocycles. The molecule has 0 saturated carbocycles. The molecule has 5 nitrogen and oxygen atoms in total. The number of hydrogen-bond acceptors (Lipinski definition) is 3. The quantitative estimate of drug-likeness (QED) is 0.760. The van der Waals surface area contributed by atoms with Gasteiger partial charge in [0.25, 0.3) is 5.91 Å². The van der Waals surface area contributed by atoms with E-state index in [0.717, 1.165) is 16.6 Å². The highest BCUT2D eigenvalue weighted by molar-refractivity contribution is 6.11. The zero-order valence-corrected chi connectivity index (χ0v) is 10.4. The van der Waals surface area contributed by atoms with Crippen LogP contribution in [0, 0.1) is 0 Å². The van der Waals surface area contributed by atoms with Gasteiger partial charge < -0.3 is 4.90 Å². The molecule has 0 aliphatic heterocycles. The Morgan fingerprint density at radius 1 is 1.21 bits per heavy atom. The van der Waals surface area contributed by atoms with Crippen LogP contribution in [0.4, 0.5) is 5.69 Å². The lowest BCUT2D eigenvalue weighted by Crippen LogP contribution is -2.26. The number of H-pyrrole nitrogens is 1. The lowest BCUT2D eigenvalue weighted by Gasteiger charge is -2.15. The summed E-state index contributed by atoms with van der Waals surface area (Å²) in [7, 11) is 1.71. The summed E-state index contributed by atoms with van der Waals surface area (Å²) in [5.74, 6) is -0.162. The predicted molar refractivity (Wildman–Crippen MR) is 73.1 cm³/mol. The van der Waals surface area contributed by atoms with E-state index >= 15 is 0 Å². The highest BCUT2D eigenvalue weighted by Gasteiger charge is 2.19. The van der Waals surface area contributed by atoms with Gasteiger partial charge in [0.1, 0.15) is 0 Å². The van der Waals surface area contributed by atoms with Crippen LogP contribution in [0.5, 0.6) is 0 Å². The molecule has 0 aliphatic rings. The van der Waals surface area contributed by atoms with E-state index in [1.807, 2.05) is 30.3 Å². The van der Waals surface area contributed by atoms with Crippen LogP contribution in [-0.2, 0) is 0 Å². The van der Waals surface area contributed by atoms with Crippen LogP contribution < -0.4 is 4.90 Å². The first-order chi connectivity index (χ1) is 9.27. The van der Waals surface area contributed by atoms with Gasteiger partial charge in [-0.15, -0.1) is 0 Å². The minimum atomic E-state index is -0.162. The zero-order valence-electron chi connectivity index (χ0n) is 10.4. The number of amides is 1. The van der Waals surface area contributed by atoms with Crippen LogP contribution >= 0.6 is 0 Å². The molecule has 94 valence electrons. The van der Waals surface area contributed by atoms with Crippen molar-refractivity contribution in [1.82, 2.24) is 15.2 Å². The Morgan fingerprint density at radius 3 is 2.84 bits per heavy atom. The normalized spacial score (nSPS) is 10.6. The molecule has 2 aromatic heterocycles. The molecule has 0 spiro atoms. The second-order valence-corrected chi connectivity index (χ2v) is 4.19. The number of carbonyl (C=O) groups is 1. The number of aromatic nitrogens is 3. The van der Waals surface area contributed by atoms with Crippen molar-refractivity contribution in [2.24, 2.45) is 0 Å². The minimum absolute atomic E-state index is 0.162. The number of rotatable bonds is 2. The highest BCUT2D eigenvalue weighted by atomic mass is 16.2. The van der Waals surface area contributed by atoms with E-state index < -0.39 is 0 Å². The smallest absolute Gasteiger partial charge is 0.279 e. The van der Waals surface area contributed by atoms with Gasteiger partial charge in [0.2, 0.25) is 0 Å². The summed E-state index contributed by atoms with van der Waals surface area (Å²) in [6.45, 7) is 0. The van der Waals surface area contributed by atoms with E-state index in [4.69, 9.17) is 0 Å². The Hall–Kier alpha value is -2.69. The second kappa shape index (κ2) is 4.53. The average Bonchev–Trinajstić information content (AvgIpc) is 2.90. The van der Waals surface area contributed by atoms with Crippen molar-refractivity contribution in [2.45, 2.75) is 0 Å². The molecule has 1 aromatic carbocycles. The summed E-state index contributed by atoms with van der Waals surface area (Å²) >= 11 is 0. The number of nitrogens with one attached hydrogen (secondary N) is 1. The summed E-state index contributed by atoms with van der Waals surface area (Å²) in [5.41, 5.74) is 2.01. The molecule has 2 heterocycles. The van der Waals surface area contributed by atoms with Gasteiger partial charge in [-0.1, -0.05) is 18.2 Å². The maximum Gasteiger partial charge on any atom is 0.279 e. The fourth-order valence-electron chi connectivity index (χ4n) is 1.95. The van der Waals surface area contributed by atoms with E-state index in [2.05, 4.69) is 15.2 Å². The number of hydrogen-bond donors (Lipinski definition) is 1. The Morgan fingerprint density at radius 2 is 2.05 bits per heavy atom. The molecule has 0 saturated heterocycles. The molecule has 0 atom stereocenters. The van der Waals surface area contributed by atoms with Crippen molar-refractivity contribution in [3.63, 3.8) is 0 Å². The van der Waals surface area contributed by atoms with E-state index in [-0.39, 0.29) is 5.91 Å². The summed E-state index contributed by atoms with van der Waals surface area (Å²) in [4.78, 5) is 18.0. The summed E-state index contributed by atoms with van der Waals surface area (Å²) in [5, 5.41) is 7.79. The number of anilines is 1. The van der Waals surface area contributed by atoms with Gasteiger partial charge >= 0.3 is 0 Å². The number of aromatic amines is 1. The van der Waals surface area contributed by atoms with Gasteiger partial charge in [-0.3, -0.25) is 14.9 Å². The van der Waals surface area contributed by atoms with Gasteiger partial charge in [0.15, 0.2) is 5.69 Å².